The summed E-state index contributed by atoms with van der Waals surface area (Å²) in [6.07, 6.45) is 1.92. The van der Waals surface area contributed by atoms with E-state index < -0.39 is 34.3 Å². The highest BCUT2D eigenvalue weighted by Gasteiger charge is 2.35. The molecule has 0 bridgehead atoms. The summed E-state index contributed by atoms with van der Waals surface area (Å²) in [7, 11) is -1.46. The predicted molar refractivity (Wildman–Crippen MR) is 164 cm³/mol. The lowest BCUT2D eigenvalue weighted by Gasteiger charge is -2.33. The van der Waals surface area contributed by atoms with Crippen LogP contribution in [-0.2, 0) is 26.2 Å². The summed E-state index contributed by atoms with van der Waals surface area (Å²) in [4.78, 5) is 28.8. The summed E-state index contributed by atoms with van der Waals surface area (Å²) >= 11 is 0. The zero-order valence-corrected chi connectivity index (χ0v) is 26.1. The lowest BCUT2D eigenvalue weighted by atomic mass is 10.1. The summed E-state index contributed by atoms with van der Waals surface area (Å²) in [6.45, 7) is 5.39. The third kappa shape index (κ3) is 8.47. The Hall–Kier alpha value is -4.12. The van der Waals surface area contributed by atoms with Gasteiger partial charge >= 0.3 is 0 Å². The second kappa shape index (κ2) is 15.4. The standard InChI is InChI=1S/C32H40FN3O6S/c1-6-8-19-34-32(38)28(7-2)35(21-24-11-13-25(33)14-12-24)31(37)22-36(29-20-26(41-4)15-18-30(29)42-5)43(39,40)27-16-9-23(3)10-17-27/h9-18,20,28H,6-8,19,21-22H2,1-5H3,(H,34,38)/t28-/m0/s1. The van der Waals surface area contributed by atoms with Crippen LogP contribution in [0.5, 0.6) is 11.5 Å². The number of rotatable bonds is 15. The topological polar surface area (TPSA) is 105 Å². The van der Waals surface area contributed by atoms with E-state index in [1.165, 1.54) is 61.6 Å². The Morgan fingerprint density at radius 3 is 2.21 bits per heavy atom. The van der Waals surface area contributed by atoms with Crippen LogP contribution in [0.25, 0.3) is 0 Å². The molecule has 11 heteroatoms. The van der Waals surface area contributed by atoms with E-state index >= 15 is 0 Å². The Labute approximate surface area is 253 Å². The van der Waals surface area contributed by atoms with Crippen molar-refractivity contribution in [3.63, 3.8) is 0 Å². The second-order valence-corrected chi connectivity index (χ2v) is 11.9. The molecule has 0 aliphatic heterocycles. The van der Waals surface area contributed by atoms with Crippen molar-refractivity contribution in [2.75, 3.05) is 31.6 Å². The number of carbonyl (C=O) groups is 2. The van der Waals surface area contributed by atoms with Crippen molar-refractivity contribution in [3.8, 4) is 11.5 Å². The van der Waals surface area contributed by atoms with Gasteiger partial charge in [0.15, 0.2) is 0 Å². The van der Waals surface area contributed by atoms with E-state index in [-0.39, 0.29) is 35.2 Å². The number of unbranched alkanes of at least 4 members (excludes halogenated alkanes) is 1. The van der Waals surface area contributed by atoms with Gasteiger partial charge in [0.2, 0.25) is 11.8 Å². The van der Waals surface area contributed by atoms with Gasteiger partial charge in [-0.15, -0.1) is 0 Å². The molecule has 0 aliphatic carbocycles. The number of benzene rings is 3. The fraction of sp³-hybridized carbons (Fsp3) is 0.375. The van der Waals surface area contributed by atoms with Gasteiger partial charge in [0.25, 0.3) is 10.0 Å². The number of halogens is 1. The van der Waals surface area contributed by atoms with Gasteiger partial charge in [-0.3, -0.25) is 13.9 Å². The third-order valence-electron chi connectivity index (χ3n) is 7.02. The van der Waals surface area contributed by atoms with Gasteiger partial charge in [-0.1, -0.05) is 50.1 Å². The van der Waals surface area contributed by atoms with Crippen LogP contribution >= 0.6 is 0 Å². The average Bonchev–Trinajstić information content (AvgIpc) is 3.00. The van der Waals surface area contributed by atoms with Gasteiger partial charge < -0.3 is 19.7 Å². The molecule has 3 aromatic carbocycles. The van der Waals surface area contributed by atoms with E-state index in [1.54, 1.807) is 31.2 Å². The smallest absolute Gasteiger partial charge is 0.264 e. The Morgan fingerprint density at radius 2 is 1.63 bits per heavy atom. The Kier molecular flexibility index (Phi) is 11.9. The van der Waals surface area contributed by atoms with E-state index in [9.17, 15) is 22.4 Å². The first-order valence-electron chi connectivity index (χ1n) is 14.2. The number of sulfonamides is 1. The first-order chi connectivity index (χ1) is 20.5. The molecule has 0 aromatic heterocycles. The van der Waals surface area contributed by atoms with Crippen molar-refractivity contribution in [2.45, 2.75) is 57.5 Å². The molecule has 1 N–H and O–H groups in total. The fourth-order valence-corrected chi connectivity index (χ4v) is 5.97. The number of nitrogens with one attached hydrogen (secondary N) is 1. The van der Waals surface area contributed by atoms with Gasteiger partial charge in [-0.2, -0.15) is 0 Å². The highest BCUT2D eigenvalue weighted by atomic mass is 32.2. The Balaban J connectivity index is 2.12. The molecule has 1 atom stereocenters. The van der Waals surface area contributed by atoms with Gasteiger partial charge in [0.05, 0.1) is 24.8 Å². The SMILES string of the molecule is CCCCNC(=O)[C@H](CC)N(Cc1ccc(F)cc1)C(=O)CN(c1cc(OC)ccc1OC)S(=O)(=O)c1ccc(C)cc1. The summed E-state index contributed by atoms with van der Waals surface area (Å²) in [6, 6.07) is 15.7. The normalized spacial score (nSPS) is 11.9. The van der Waals surface area contributed by atoms with Crippen LogP contribution in [-0.4, -0.2) is 58.5 Å². The molecule has 0 saturated carbocycles. The molecular weight excluding hydrogens is 573 g/mol. The van der Waals surface area contributed by atoms with E-state index in [0.717, 1.165) is 22.7 Å². The zero-order valence-electron chi connectivity index (χ0n) is 25.3. The molecule has 3 aromatic rings. The summed E-state index contributed by atoms with van der Waals surface area (Å²) in [5, 5.41) is 2.88. The van der Waals surface area contributed by atoms with Crippen molar-refractivity contribution in [1.29, 1.82) is 0 Å². The molecule has 0 heterocycles. The quantitative estimate of drug-likeness (QED) is 0.240. The largest absolute Gasteiger partial charge is 0.497 e. The van der Waals surface area contributed by atoms with Gasteiger partial charge in [-0.25, -0.2) is 12.8 Å². The maximum Gasteiger partial charge on any atom is 0.264 e. The minimum atomic E-state index is -4.31. The molecule has 0 unspecified atom stereocenters. The van der Waals surface area contributed by atoms with Crippen LogP contribution in [0.15, 0.2) is 71.6 Å². The lowest BCUT2D eigenvalue weighted by Crippen LogP contribution is -2.52. The van der Waals surface area contributed by atoms with Crippen molar-refractivity contribution >= 4 is 27.5 Å². The monoisotopic (exact) mass is 613 g/mol. The van der Waals surface area contributed by atoms with E-state index in [0.29, 0.717) is 17.9 Å². The van der Waals surface area contributed by atoms with Crippen LogP contribution < -0.4 is 19.1 Å². The molecule has 232 valence electrons. The molecule has 0 saturated heterocycles. The van der Waals surface area contributed by atoms with Gasteiger partial charge in [-0.05, 0) is 61.7 Å². The number of aryl methyl sites for hydroxylation is 1. The minimum absolute atomic E-state index is 0.0230. The van der Waals surface area contributed by atoms with E-state index in [2.05, 4.69) is 5.32 Å². The zero-order chi connectivity index (χ0) is 31.6. The van der Waals surface area contributed by atoms with Crippen LogP contribution in [0.1, 0.15) is 44.2 Å². The first kappa shape index (κ1) is 33.4. The van der Waals surface area contributed by atoms with Crippen LogP contribution in [0, 0.1) is 12.7 Å². The number of hydrogen-bond acceptors (Lipinski definition) is 6. The van der Waals surface area contributed by atoms with Crippen LogP contribution in [0.3, 0.4) is 0 Å². The molecule has 2 amide bonds. The number of nitrogens with zero attached hydrogens (tertiary/aromatic N) is 2. The average molecular weight is 614 g/mol. The van der Waals surface area contributed by atoms with Gasteiger partial charge in [0, 0.05) is 19.2 Å². The van der Waals surface area contributed by atoms with Crippen molar-refractivity contribution in [3.05, 3.63) is 83.7 Å². The summed E-state index contributed by atoms with van der Waals surface area (Å²) in [5.41, 5.74) is 1.55. The minimum Gasteiger partial charge on any atom is -0.497 e. The number of hydrogen-bond donors (Lipinski definition) is 1. The van der Waals surface area contributed by atoms with Gasteiger partial charge in [0.1, 0.15) is 29.9 Å². The lowest BCUT2D eigenvalue weighted by molar-refractivity contribution is -0.140. The highest BCUT2D eigenvalue weighted by Crippen LogP contribution is 2.36. The molecule has 3 rings (SSSR count). The van der Waals surface area contributed by atoms with Crippen LogP contribution in [0.4, 0.5) is 10.1 Å². The second-order valence-electron chi connectivity index (χ2n) is 10.1. The molecular formula is C32H40FN3O6S. The third-order valence-corrected chi connectivity index (χ3v) is 8.80. The number of anilines is 1. The molecule has 0 fully saturated rings. The Morgan fingerprint density at radius 1 is 0.953 bits per heavy atom. The molecule has 0 aliphatic rings. The number of methoxy groups -OCH3 is 2. The number of ether oxygens (including phenoxy) is 2. The highest BCUT2D eigenvalue weighted by molar-refractivity contribution is 7.92. The summed E-state index contributed by atoms with van der Waals surface area (Å²) in [5.74, 6) is -0.844. The summed E-state index contributed by atoms with van der Waals surface area (Å²) < 4.78 is 53.8. The molecule has 0 spiro atoms. The molecule has 0 radical (unpaired) electrons. The van der Waals surface area contributed by atoms with Crippen LogP contribution in [0.2, 0.25) is 0 Å². The first-order valence-corrected chi connectivity index (χ1v) is 15.6. The molecule has 9 nitrogen and oxygen atoms in total. The predicted octanol–water partition coefficient (Wildman–Crippen LogP) is 5.07. The van der Waals surface area contributed by atoms with Crippen molar-refractivity contribution < 1.29 is 31.9 Å². The van der Waals surface area contributed by atoms with Crippen molar-refractivity contribution in [1.82, 2.24) is 10.2 Å². The maximum absolute atomic E-state index is 14.2. The Bertz CT molecular complexity index is 1480. The fourth-order valence-electron chi connectivity index (χ4n) is 4.55. The number of amides is 2. The maximum atomic E-state index is 14.2. The number of carbonyl (C=O) groups excluding carboxylic acids is 2. The molecule has 43 heavy (non-hydrogen) atoms. The van der Waals surface area contributed by atoms with Crippen molar-refractivity contribution in [2.24, 2.45) is 0 Å². The van der Waals surface area contributed by atoms with E-state index in [1.807, 2.05) is 13.8 Å². The van der Waals surface area contributed by atoms with E-state index in [4.69, 9.17) is 9.47 Å².